The van der Waals surface area contributed by atoms with Gasteiger partial charge in [-0.05, 0) is 77.8 Å². The second-order valence-corrected chi connectivity index (χ2v) is 9.26. The maximum Gasteiger partial charge on any atom is 0.136 e. The molecule has 1 aromatic heterocycles. The van der Waals surface area contributed by atoms with Gasteiger partial charge in [0.25, 0.3) is 0 Å². The van der Waals surface area contributed by atoms with Crippen LogP contribution in [0.25, 0.3) is 87.6 Å². The minimum Gasteiger partial charge on any atom is -0.456 e. The lowest BCUT2D eigenvalue weighted by Crippen LogP contribution is -1.92. The Bertz CT molecular complexity index is 3850. The molecule has 0 unspecified atom stereocenters. The Labute approximate surface area is 285 Å². The molecule has 0 radical (unpaired) electrons. The Kier molecular flexibility index (Phi) is 2.13. The van der Waals surface area contributed by atoms with Crippen molar-refractivity contribution >= 4 is 54.3 Å². The van der Waals surface area contributed by atoms with Crippen LogP contribution in [0.1, 0.15) is 35.6 Å². The molecule has 1 heteroatoms. The van der Waals surface area contributed by atoms with Gasteiger partial charge < -0.3 is 4.42 Å². The fourth-order valence-electron chi connectivity index (χ4n) is 5.39. The first-order chi connectivity index (χ1) is 32.2. The maximum atomic E-state index is 9.59. The van der Waals surface area contributed by atoms with Gasteiger partial charge >= 0.3 is 0 Å². The molecule has 0 saturated carbocycles. The fourth-order valence-corrected chi connectivity index (χ4v) is 5.39. The van der Waals surface area contributed by atoms with Crippen molar-refractivity contribution in [2.75, 3.05) is 0 Å². The van der Waals surface area contributed by atoms with Gasteiger partial charge in [-0.2, -0.15) is 0 Å². The van der Waals surface area contributed by atoms with Crippen molar-refractivity contribution in [2.24, 2.45) is 0 Å². The van der Waals surface area contributed by atoms with Gasteiger partial charge in [-0.15, -0.1) is 0 Å². The first-order valence-electron chi connectivity index (χ1n) is 25.7. The number of rotatable bonds is 3. The first kappa shape index (κ1) is 9.69. The molecule has 0 atom stereocenters. The van der Waals surface area contributed by atoms with Gasteiger partial charge in [0, 0.05) is 10.8 Å². The highest BCUT2D eigenvalue weighted by atomic mass is 16.3. The van der Waals surface area contributed by atoms with Crippen molar-refractivity contribution in [3.8, 4) is 33.4 Å². The van der Waals surface area contributed by atoms with Gasteiger partial charge in [-0.25, -0.2) is 0 Å². The Morgan fingerprint density at radius 3 is 1.44 bits per heavy atom. The molecule has 0 N–H and O–H groups in total. The monoisotopic (exact) mass is 572 g/mol. The Hall–Kier alpha value is -5.66. The summed E-state index contributed by atoms with van der Waals surface area (Å²) in [6.45, 7) is 0. The summed E-state index contributed by atoms with van der Waals surface area (Å²) in [5.74, 6) is 0. The van der Waals surface area contributed by atoms with Crippen molar-refractivity contribution in [1.29, 1.82) is 0 Å². The van der Waals surface area contributed by atoms with Gasteiger partial charge in [0.2, 0.25) is 0 Å². The molecule has 0 aliphatic heterocycles. The van der Waals surface area contributed by atoms with E-state index in [1.54, 1.807) is 0 Å². The third-order valence-electron chi connectivity index (χ3n) is 7.07. The van der Waals surface area contributed by atoms with Crippen molar-refractivity contribution < 1.29 is 40.1 Å². The number of hydrogen-bond acceptors (Lipinski definition) is 1. The smallest absolute Gasteiger partial charge is 0.136 e. The Balaban J connectivity index is 1.71. The summed E-state index contributed by atoms with van der Waals surface area (Å²) in [5, 5.41) is -5.35. The largest absolute Gasteiger partial charge is 0.456 e. The second kappa shape index (κ2) is 9.44. The molecule has 0 fully saturated rings. The van der Waals surface area contributed by atoms with Crippen LogP contribution in [0.5, 0.6) is 0 Å². The van der Waals surface area contributed by atoms with E-state index in [9.17, 15) is 8.22 Å². The summed E-state index contributed by atoms with van der Waals surface area (Å²) in [5.41, 5.74) is -5.64. The van der Waals surface area contributed by atoms with Crippen molar-refractivity contribution in [3.05, 3.63) is 157 Å². The highest BCUT2D eigenvalue weighted by Crippen LogP contribution is 2.48. The molecule has 9 rings (SSSR count). The normalized spacial score (nSPS) is 20.2. The van der Waals surface area contributed by atoms with Gasteiger partial charge in [-0.1, -0.05) is 145 Å². The van der Waals surface area contributed by atoms with Crippen LogP contribution in [0.2, 0.25) is 0 Å². The van der Waals surface area contributed by atoms with E-state index in [2.05, 4.69) is 0 Å². The molecule has 9 aromatic rings. The molecule has 0 aliphatic rings. The predicted molar refractivity (Wildman–Crippen MR) is 183 cm³/mol. The van der Waals surface area contributed by atoms with E-state index in [-0.39, 0.29) is 0 Å². The summed E-state index contributed by atoms with van der Waals surface area (Å²) < 4.78 is 239. The van der Waals surface area contributed by atoms with Crippen LogP contribution in [-0.4, -0.2) is 0 Å². The summed E-state index contributed by atoms with van der Waals surface area (Å²) >= 11 is 0. The van der Waals surface area contributed by atoms with E-state index < -0.39 is 245 Å². The van der Waals surface area contributed by atoms with Crippen LogP contribution in [-0.2, 0) is 0 Å². The van der Waals surface area contributed by atoms with Crippen molar-refractivity contribution in [3.63, 3.8) is 0 Å². The van der Waals surface area contributed by atoms with Crippen LogP contribution < -0.4 is 0 Å². The van der Waals surface area contributed by atoms with E-state index >= 15 is 0 Å². The van der Waals surface area contributed by atoms with Gasteiger partial charge in [-0.3, -0.25) is 0 Å². The number of benzene rings is 8. The van der Waals surface area contributed by atoms with E-state index in [0.29, 0.717) is 0 Å². The van der Waals surface area contributed by atoms with Crippen LogP contribution in [0.4, 0.5) is 0 Å². The van der Waals surface area contributed by atoms with Gasteiger partial charge in [0.05, 0.1) is 35.6 Å². The molecular formula is C42H26O. The fraction of sp³-hybridized carbons (Fsp3) is 0. The van der Waals surface area contributed by atoms with Crippen LogP contribution in [0, 0.1) is 0 Å². The van der Waals surface area contributed by atoms with E-state index in [1.807, 2.05) is 0 Å². The molecule has 1 nitrogen and oxygen atoms in total. The van der Waals surface area contributed by atoms with E-state index in [4.69, 9.17) is 31.8 Å². The quantitative estimate of drug-likeness (QED) is 0.192. The highest BCUT2D eigenvalue weighted by Gasteiger charge is 2.22. The minimum atomic E-state index is -1.00. The van der Waals surface area contributed by atoms with Gasteiger partial charge in [0.15, 0.2) is 0 Å². The standard InChI is InChI=1S/C42H26O/c1-2-13-28(14-3-1)30-22-11-25-37-41(30)42-36(24-12-26-38(42)43-37)40-34-20-8-6-18-32(34)39(33-19-7-9-21-35(33)40)31-23-10-16-27-15-4-5-17-29(27)31/h1-26H/i1D,2D,3D,4D,5D,6D,7D,8D,9D,10D,11D,12D,13D,14D,15D,16D,17D,18D,19D,20D,21D,22D,23D,24D,25D,26D. The molecule has 200 valence electrons. The molecule has 0 saturated heterocycles. The zero-order valence-corrected chi connectivity index (χ0v) is 21.4. The molecule has 0 spiro atoms. The zero-order valence-electron chi connectivity index (χ0n) is 47.4. The van der Waals surface area contributed by atoms with Crippen LogP contribution >= 0.6 is 0 Å². The van der Waals surface area contributed by atoms with Crippen LogP contribution in [0.3, 0.4) is 0 Å². The van der Waals surface area contributed by atoms with Gasteiger partial charge in [0.1, 0.15) is 11.2 Å². The average molecular weight is 573 g/mol. The lowest BCUT2D eigenvalue weighted by molar-refractivity contribution is 0.669. The highest BCUT2D eigenvalue weighted by molar-refractivity contribution is 6.27. The average Bonchev–Trinajstić information content (AvgIpc) is 3.72. The first-order valence-corrected chi connectivity index (χ1v) is 12.7. The SMILES string of the molecule is [2H]c1c([2H])c([2H])c(-c2c([2H])c([2H])c([2H])c3oc4c([2H])c([2H])c([2H])c(-c5c6c([2H])c([2H])c([2H])c([2H])c6c(-c6c([2H])c([2H])c([2H])c7c([2H])c([2H])c([2H])c([2H])c67)c6c([2H])c([2H])c([2H])c([2H])c56)c4c23)c([2H])c1[2H]. The summed E-state index contributed by atoms with van der Waals surface area (Å²) in [7, 11) is 0. The van der Waals surface area contributed by atoms with Crippen LogP contribution in [0.15, 0.2) is 162 Å². The third-order valence-corrected chi connectivity index (χ3v) is 7.07. The number of furan rings is 1. The van der Waals surface area contributed by atoms with Crippen molar-refractivity contribution in [1.82, 2.24) is 0 Å². The number of hydrogen-bond donors (Lipinski definition) is 0. The molecule has 0 amide bonds. The third kappa shape index (κ3) is 3.58. The minimum absolute atomic E-state index is 0.570. The summed E-state index contributed by atoms with van der Waals surface area (Å²) in [6.07, 6.45) is 0. The Morgan fingerprint density at radius 2 is 0.791 bits per heavy atom. The van der Waals surface area contributed by atoms with Crippen molar-refractivity contribution in [2.45, 2.75) is 0 Å². The second-order valence-electron chi connectivity index (χ2n) is 9.26. The maximum absolute atomic E-state index is 9.59. The zero-order chi connectivity index (χ0) is 51.0. The lowest BCUT2D eigenvalue weighted by Gasteiger charge is -2.19. The predicted octanol–water partition coefficient (Wildman–Crippen LogP) is 12.0. The number of fused-ring (bicyclic) bond motifs is 6. The summed E-state index contributed by atoms with van der Waals surface area (Å²) in [6, 6.07) is -24.2. The Morgan fingerprint density at radius 1 is 0.349 bits per heavy atom. The molecule has 1 heterocycles. The molecule has 43 heavy (non-hydrogen) atoms. The topological polar surface area (TPSA) is 13.1 Å². The molecule has 0 aliphatic carbocycles. The molecular weight excluding hydrogens is 520 g/mol. The van der Waals surface area contributed by atoms with E-state index in [0.717, 1.165) is 0 Å². The lowest BCUT2D eigenvalue weighted by atomic mass is 9.83. The summed E-state index contributed by atoms with van der Waals surface area (Å²) in [4.78, 5) is 0. The molecule has 0 bridgehead atoms. The molecule has 8 aromatic carbocycles. The van der Waals surface area contributed by atoms with E-state index in [1.165, 1.54) is 0 Å².